The Labute approximate surface area is 931 Å². The number of rotatable bonds is 39. The summed E-state index contributed by atoms with van der Waals surface area (Å²) in [4.78, 5) is 89.2. The summed E-state index contributed by atoms with van der Waals surface area (Å²) in [5.41, 5.74) is 10.7. The first-order valence-corrected chi connectivity index (χ1v) is 44.8. The number of hydroxylamine groups is 17. The summed E-state index contributed by atoms with van der Waals surface area (Å²) >= 11 is 5.60. The average molecular weight is 2120 g/mol. The summed E-state index contributed by atoms with van der Waals surface area (Å²) in [6.07, 6.45) is 6.02. The number of carboxylic acid groups (broad SMARTS) is 2. The Morgan fingerprint density at radius 1 is 0.469 bits per heavy atom. The van der Waals surface area contributed by atoms with E-state index in [1.165, 1.54) is 68.1 Å². The fourth-order valence-electron chi connectivity index (χ4n) is 8.65. The number of carboxylic acids is 2. The Morgan fingerprint density at radius 2 is 0.804 bits per heavy atom. The Kier molecular flexibility index (Phi) is 130. The van der Waals surface area contributed by atoms with Crippen LogP contribution >= 0.6 is 11.6 Å². The van der Waals surface area contributed by atoms with Crippen molar-refractivity contribution in [2.45, 2.75) is 112 Å². The number of esters is 1. The van der Waals surface area contributed by atoms with E-state index in [4.69, 9.17) is 120 Å². The first kappa shape index (κ1) is 160. The number of halogens is 1. The maximum absolute atomic E-state index is 10.6. The maximum atomic E-state index is 10.6. The second-order valence-electron chi connectivity index (χ2n) is 27.0. The number of ether oxygens (including phenoxy) is 3. The van der Waals surface area contributed by atoms with Crippen LogP contribution in [0.3, 0.4) is 0 Å². The van der Waals surface area contributed by atoms with E-state index in [9.17, 15) is 47.7 Å². The molecule has 8 aromatic rings. The van der Waals surface area contributed by atoms with E-state index < -0.39 is 38.4 Å². The molecule has 15 N–H and O–H groups in total. The molecule has 1 heterocycles. The predicted octanol–water partition coefficient (Wildman–Crippen LogP) is -2.88. The largest absolute Gasteiger partial charge is 1.00 e. The summed E-state index contributed by atoms with van der Waals surface area (Å²) in [6, 6.07) is 68.9. The molecular formula is C91H137ClN12Na4O33S2. The smallest absolute Gasteiger partial charge is 0.748 e. The molecule has 0 radical (unpaired) electrons. The van der Waals surface area contributed by atoms with Crippen molar-refractivity contribution < 1.29 is 274 Å². The quantitative estimate of drug-likeness (QED) is 0.00459. The number of carbonyl (C=O) groups excluding carboxylic acids is 8. The van der Waals surface area contributed by atoms with E-state index in [1.54, 1.807) is 57.5 Å². The molecule has 143 heavy (non-hydrogen) atoms. The summed E-state index contributed by atoms with van der Waals surface area (Å²) in [5, 5.41) is 135. The molecule has 0 amide bonds. The van der Waals surface area contributed by atoms with Crippen LogP contribution in [0.4, 0.5) is 17.1 Å². The number of para-hydroxylation sites is 3. The molecule has 0 atom stereocenters. The second kappa shape index (κ2) is 116. The molecule has 0 unspecified atom stereocenters. The normalized spacial score (nSPS) is 9.45. The van der Waals surface area contributed by atoms with Gasteiger partial charge in [-0.15, -0.1) is 25.7 Å². The van der Waals surface area contributed by atoms with Gasteiger partial charge in [-0.2, -0.15) is 59.1 Å². The number of carbonyl (C=O) groups is 3. The van der Waals surface area contributed by atoms with Crippen LogP contribution in [0, 0.1) is 13.8 Å². The van der Waals surface area contributed by atoms with Crippen molar-refractivity contribution >= 4 is 85.8 Å². The van der Waals surface area contributed by atoms with Gasteiger partial charge in [0.2, 0.25) is 0 Å². The molecule has 0 saturated carbocycles. The first-order chi connectivity index (χ1) is 65.9. The van der Waals surface area contributed by atoms with E-state index >= 15 is 0 Å². The number of methoxy groups -OCH3 is 3. The number of nitrogens with zero attached hydrogens (tertiary/aromatic N) is 10. The van der Waals surface area contributed by atoms with Gasteiger partial charge in [-0.1, -0.05) is 195 Å². The average Bonchev–Trinajstić information content (AvgIpc) is 0.917. The van der Waals surface area contributed by atoms with E-state index in [2.05, 4.69) is 42.8 Å². The minimum atomic E-state index is -4.21. The Bertz CT molecular complexity index is 4410. The van der Waals surface area contributed by atoms with Crippen molar-refractivity contribution in [3.05, 3.63) is 282 Å². The van der Waals surface area contributed by atoms with Crippen molar-refractivity contribution in [1.29, 1.82) is 0 Å². The van der Waals surface area contributed by atoms with Gasteiger partial charge in [0, 0.05) is 148 Å². The van der Waals surface area contributed by atoms with Crippen LogP contribution in [0.15, 0.2) is 236 Å². The number of hydrogen-bond acceptors (Lipinski definition) is 43. The summed E-state index contributed by atoms with van der Waals surface area (Å²) in [6.45, 7) is 27.0. The first-order valence-electron chi connectivity index (χ1n) is 41.8. The molecule has 0 spiro atoms. The third-order valence-corrected chi connectivity index (χ3v) is 16.6. The van der Waals surface area contributed by atoms with Gasteiger partial charge in [-0.3, -0.25) is 46.0 Å². The third-order valence-electron chi connectivity index (χ3n) is 15.5. The molecule has 52 heteroatoms. The summed E-state index contributed by atoms with van der Waals surface area (Å²) in [5.74, 6) is -2.93. The van der Waals surface area contributed by atoms with Gasteiger partial charge in [-0.25, -0.2) is 23.3 Å². The number of hydrogen-bond donors (Lipinski definition) is 15. The molecule has 8 rings (SSSR count). The van der Waals surface area contributed by atoms with Crippen molar-refractivity contribution in [3.8, 4) is 0 Å². The number of benzene rings is 7. The molecule has 1 aromatic heterocycles. The molecule has 0 bridgehead atoms. The fraction of sp³-hybridized carbons (Fsp3) is 0.396. The van der Waals surface area contributed by atoms with Crippen molar-refractivity contribution in [1.82, 2.24) is 45.2 Å². The molecule has 0 aliphatic carbocycles. The van der Waals surface area contributed by atoms with Gasteiger partial charge in [0.25, 0.3) is 0 Å². The molecule has 0 aliphatic rings. The van der Waals surface area contributed by atoms with Crippen molar-refractivity contribution in [3.63, 3.8) is 0 Å². The van der Waals surface area contributed by atoms with Crippen LogP contribution in [0.1, 0.15) is 96.4 Å². The zero-order chi connectivity index (χ0) is 107. The van der Waals surface area contributed by atoms with Gasteiger partial charge < -0.3 is 94.5 Å². The van der Waals surface area contributed by atoms with Crippen molar-refractivity contribution in [2.75, 3.05) is 141 Å². The SMILES string of the molecule is CC(C)N(O)C(C)C.CCCN(O)CCC(=O)OC.CCN(O)CCC(=O)O.CCN(O)c1ccccc1.COCCN(O)CCOC.O=C=O.O=C=O.O=C=O.O=S(=O)=O.O=c1ccn(O)cc1.ON(CCc1ccccc1)CCc1ccccc1.ON(Cc1ccccc1)Cc1ccccc1.ONc1ccccc1.ONc1ccccc1Cl.[CH2-]CN(O)CCC(=O)[O-].[CH2-]CN(O)CCS(=O)(=O)[O-].[Na+].[Na+].[Na+].[Na+]. The zero-order valence-corrected chi connectivity index (χ0v) is 94.0. The Morgan fingerprint density at radius 3 is 1.09 bits per heavy atom. The molecule has 45 nitrogen and oxygen atoms in total. The van der Waals surface area contributed by atoms with Gasteiger partial charge in [0.1, 0.15) is 0 Å². The molecule has 7 aromatic carbocycles. The van der Waals surface area contributed by atoms with Gasteiger partial charge >= 0.3 is 159 Å². The molecule has 0 aliphatic heterocycles. The Balaban J connectivity index is -0.000000130. The van der Waals surface area contributed by atoms with E-state index in [1.807, 2.05) is 198 Å². The molecule has 0 saturated heterocycles. The number of anilines is 3. The van der Waals surface area contributed by atoms with Crippen LogP contribution in [0.25, 0.3) is 0 Å². The van der Waals surface area contributed by atoms with Crippen LogP contribution in [0.5, 0.6) is 0 Å². The topological polar surface area (TPSA) is 651 Å². The maximum Gasteiger partial charge on any atom is 1.00 e. The molecule has 782 valence electrons. The second-order valence-corrected chi connectivity index (χ2v) is 29.3. The van der Waals surface area contributed by atoms with Crippen molar-refractivity contribution in [2.24, 2.45) is 0 Å². The van der Waals surface area contributed by atoms with Gasteiger partial charge in [0.05, 0.1) is 71.1 Å². The van der Waals surface area contributed by atoms with Crippen LogP contribution < -0.4 is 145 Å². The summed E-state index contributed by atoms with van der Waals surface area (Å²) < 4.78 is 69.9. The minimum Gasteiger partial charge on any atom is -0.748 e. The number of nitrogens with one attached hydrogen (secondary N) is 2. The number of aromatic nitrogens is 1. The molecular weight excluding hydrogens is 1980 g/mol. The number of aliphatic carboxylic acids is 2. The predicted molar refractivity (Wildman–Crippen MR) is 504 cm³/mol. The number of pyridine rings is 1. The van der Waals surface area contributed by atoms with Crippen LogP contribution in [-0.2, 0) is 104 Å². The van der Waals surface area contributed by atoms with E-state index in [0.717, 1.165) is 56.0 Å². The summed E-state index contributed by atoms with van der Waals surface area (Å²) in [7, 11) is -2.78. The van der Waals surface area contributed by atoms with E-state index in [0.29, 0.717) is 100 Å². The monoisotopic (exact) mass is 2120 g/mol. The minimum absolute atomic E-state index is 0. The molecule has 0 fully saturated rings. The fourth-order valence-corrected chi connectivity index (χ4v) is 9.26. The van der Waals surface area contributed by atoms with Gasteiger partial charge in [-0.05, 0) is 113 Å². The Hall–Kier alpha value is -7.78. The van der Waals surface area contributed by atoms with Crippen LogP contribution in [-0.4, -0.2) is 312 Å². The zero-order valence-electron chi connectivity index (χ0n) is 83.6. The van der Waals surface area contributed by atoms with Gasteiger partial charge in [0.15, 0.2) is 5.43 Å². The standard InChI is InChI=1S/C16H19NO.C14H15NO.C8H11NO.C7H15NO3.C6H6ClNO.C6H15NO3.C6H7NO.C6H15NO.C5H11NO3.C5H10NO3.C5H5NO2.C4H10NO4S.3CO2.4Na.O3S/c18-17(13-11-15-7-3-1-4-8-15)14-12-16-9-5-2-6-10-16;16-15(11-13-7-3-1-4-8-13)12-14-9-5-2-6-10-14;1-2-9(10)8-6-4-3-5-7-8;1-3-5-8(10)6-4-7(9)11-2;7-5-3-1-2-4-6(5)8-9;1-9-5-3-7(8)4-6-10-2;8-7-6-4-2-1-3-5-6;1-5(2)7(8)6(3)4;2*1-2-6(9)4-3-5(7)8;7-5-1-3-6(8)4-2-5;1-2-5(6)3-4-10(7,8)9;3*2-1-3;;;;;1-4(2)3/h1-10,18H,11-14H2;1-10,16H,11-12H2;3-7,10H,2H2,1H3;10H,3-6H2,1-2H3;1-4,8-9H;8H,3-6H2,1-2H3;1-5,7-8H;5-6,8H,1-4H3;9H,2-4H2,1H3,(H,7,8);9H,1-4H2,(H,7,8);1-4,8H;6H,1-4H2,(H,7,8,9);;;;;;;;/q;;;;;;;;;-1;;-1;;;;4*+1;/p-2. The van der Waals surface area contributed by atoms with Crippen LogP contribution in [0.2, 0.25) is 5.02 Å². The third kappa shape index (κ3) is 125. The van der Waals surface area contributed by atoms with E-state index in [-0.39, 0.29) is 212 Å².